The number of pyridine rings is 3. The quantitative estimate of drug-likeness (QED) is 0.163. The molecule has 0 fully saturated rings. The van der Waals surface area contributed by atoms with E-state index in [1.165, 1.54) is 38.8 Å². The van der Waals surface area contributed by atoms with E-state index in [0.717, 1.165) is 45.6 Å². The number of hydrogen-bond acceptors (Lipinski definition) is 2. The summed E-state index contributed by atoms with van der Waals surface area (Å²) in [5, 5.41) is 2.33. The minimum Gasteiger partial charge on any atom is -0.455 e. The predicted octanol–water partition coefficient (Wildman–Crippen LogP) is 7.57. The Labute approximate surface area is 246 Å². The van der Waals surface area contributed by atoms with Crippen LogP contribution in [-0.2, 0) is 20.5 Å². The van der Waals surface area contributed by atoms with Crippen molar-refractivity contribution in [2.24, 2.45) is 14.1 Å². The van der Waals surface area contributed by atoms with Gasteiger partial charge in [0.25, 0.3) is 5.65 Å². The molecule has 0 saturated carbocycles. The number of imidazole rings is 1. The molecule has 0 radical (unpaired) electrons. The second-order valence-electron chi connectivity index (χ2n) is 11.7. The van der Waals surface area contributed by atoms with Crippen molar-refractivity contribution in [2.45, 2.75) is 40.0 Å². The lowest BCUT2D eigenvalue weighted by Gasteiger charge is -2.16. The largest absolute Gasteiger partial charge is 0.455 e. The lowest BCUT2D eigenvalue weighted by atomic mass is 9.95. The number of aromatic nitrogens is 4. The lowest BCUT2D eigenvalue weighted by molar-refractivity contribution is -0.678. The SMILES string of the molecule is Cc1c(Cc2cccc[n+]2C)cccc1Oc1cnc2c3c(C(C)C)cccc3n3c4ccccc4[n+](C)c3c2c1C. The lowest BCUT2D eigenvalue weighted by Crippen LogP contribution is -2.32. The zero-order valence-corrected chi connectivity index (χ0v) is 25.1. The minimum absolute atomic E-state index is 0.361. The van der Waals surface area contributed by atoms with Gasteiger partial charge in [-0.25, -0.2) is 9.13 Å². The van der Waals surface area contributed by atoms with E-state index in [1.807, 2.05) is 6.20 Å². The summed E-state index contributed by atoms with van der Waals surface area (Å²) >= 11 is 0. The molecule has 0 amide bonds. The van der Waals surface area contributed by atoms with Gasteiger partial charge in [0.2, 0.25) is 0 Å². The van der Waals surface area contributed by atoms with Crippen LogP contribution < -0.4 is 13.9 Å². The van der Waals surface area contributed by atoms with Gasteiger partial charge in [-0.3, -0.25) is 4.98 Å². The molecule has 0 aliphatic carbocycles. The Morgan fingerprint density at radius 2 is 1.55 bits per heavy atom. The molecule has 4 heterocycles. The van der Waals surface area contributed by atoms with Crippen LogP contribution in [0.4, 0.5) is 0 Å². The van der Waals surface area contributed by atoms with Gasteiger partial charge in [-0.15, -0.1) is 0 Å². The summed E-state index contributed by atoms with van der Waals surface area (Å²) in [7, 11) is 4.24. The van der Waals surface area contributed by atoms with E-state index >= 15 is 0 Å². The molecule has 5 nitrogen and oxygen atoms in total. The number of benzene rings is 3. The first-order valence-electron chi connectivity index (χ1n) is 14.7. The van der Waals surface area contributed by atoms with Crippen LogP contribution in [0.1, 0.15) is 47.7 Å². The van der Waals surface area contributed by atoms with Crippen LogP contribution in [-0.4, -0.2) is 9.38 Å². The Morgan fingerprint density at radius 3 is 2.36 bits per heavy atom. The molecule has 0 aliphatic rings. The first kappa shape index (κ1) is 26.1. The van der Waals surface area contributed by atoms with E-state index in [2.05, 4.69) is 140 Å². The number of ether oxygens (including phenoxy) is 1. The van der Waals surface area contributed by atoms with Crippen LogP contribution in [0.15, 0.2) is 91.3 Å². The van der Waals surface area contributed by atoms with Crippen molar-refractivity contribution in [3.8, 4) is 11.5 Å². The van der Waals surface area contributed by atoms with Gasteiger partial charge in [0.05, 0.1) is 36.0 Å². The second-order valence-corrected chi connectivity index (χ2v) is 11.7. The third-order valence-corrected chi connectivity index (χ3v) is 8.85. The van der Waals surface area contributed by atoms with Gasteiger partial charge < -0.3 is 4.74 Å². The standard InChI is InChI=1S/C37H36N4O/c1-23(2)28-15-12-18-31-35(28)36-34(37-40(6)29-16-7-8-17-30(29)41(31)37)25(4)33(22-38-36)42-32-19-11-13-26(24(32)3)21-27-14-9-10-20-39(27)5/h7-20,22-23H,21H2,1-6H3/q+2. The molecule has 4 aromatic heterocycles. The second kappa shape index (κ2) is 9.95. The van der Waals surface area contributed by atoms with Crippen LogP contribution in [0.3, 0.4) is 0 Å². The zero-order valence-electron chi connectivity index (χ0n) is 25.1. The maximum Gasteiger partial charge on any atom is 0.297 e. The maximum absolute atomic E-state index is 6.72. The summed E-state index contributed by atoms with van der Waals surface area (Å²) in [5.74, 6) is 2.00. The average molecular weight is 553 g/mol. The highest BCUT2D eigenvalue weighted by molar-refractivity contribution is 6.13. The third kappa shape index (κ3) is 3.95. The van der Waals surface area contributed by atoms with Crippen LogP contribution >= 0.6 is 0 Å². The molecule has 0 atom stereocenters. The Kier molecular flexibility index (Phi) is 6.19. The average Bonchev–Trinajstić information content (AvgIpc) is 3.29. The number of hydrogen-bond donors (Lipinski definition) is 0. The highest BCUT2D eigenvalue weighted by Crippen LogP contribution is 2.39. The molecule has 0 aliphatic heterocycles. The maximum atomic E-state index is 6.72. The van der Waals surface area contributed by atoms with Crippen LogP contribution in [0, 0.1) is 13.8 Å². The highest BCUT2D eigenvalue weighted by Gasteiger charge is 2.27. The van der Waals surface area contributed by atoms with E-state index in [9.17, 15) is 0 Å². The number of para-hydroxylation sites is 2. The van der Waals surface area contributed by atoms with Crippen molar-refractivity contribution in [3.05, 3.63) is 119 Å². The first-order chi connectivity index (χ1) is 20.3. The molecular formula is C37H36N4O+2. The van der Waals surface area contributed by atoms with Crippen molar-refractivity contribution in [3.63, 3.8) is 0 Å². The fourth-order valence-electron chi connectivity index (χ4n) is 6.49. The van der Waals surface area contributed by atoms with Crippen molar-refractivity contribution in [1.29, 1.82) is 0 Å². The Bertz CT molecular complexity index is 2170. The van der Waals surface area contributed by atoms with E-state index in [4.69, 9.17) is 9.72 Å². The summed E-state index contributed by atoms with van der Waals surface area (Å²) in [5.41, 5.74) is 11.7. The molecule has 7 aromatic rings. The zero-order chi connectivity index (χ0) is 29.1. The van der Waals surface area contributed by atoms with Gasteiger partial charge in [0.15, 0.2) is 22.9 Å². The Balaban J connectivity index is 1.47. The third-order valence-electron chi connectivity index (χ3n) is 8.85. The van der Waals surface area contributed by atoms with Crippen molar-refractivity contribution >= 4 is 38.5 Å². The molecule has 0 unspecified atom stereocenters. The van der Waals surface area contributed by atoms with Gasteiger partial charge in [-0.2, -0.15) is 4.40 Å². The monoisotopic (exact) mass is 552 g/mol. The Hall–Kier alpha value is -4.77. The fraction of sp³-hybridized carbons (Fsp3) is 0.216. The molecule has 7 rings (SSSR count). The van der Waals surface area contributed by atoms with Gasteiger partial charge in [0, 0.05) is 17.7 Å². The van der Waals surface area contributed by atoms with Crippen LogP contribution in [0.25, 0.3) is 38.5 Å². The molecule has 0 spiro atoms. The molecule has 5 heteroatoms. The van der Waals surface area contributed by atoms with Crippen molar-refractivity contribution < 1.29 is 13.9 Å². The summed E-state index contributed by atoms with van der Waals surface area (Å²) in [6.07, 6.45) is 4.85. The molecule has 3 aromatic carbocycles. The molecule has 208 valence electrons. The van der Waals surface area contributed by atoms with Crippen LogP contribution in [0.2, 0.25) is 0 Å². The smallest absolute Gasteiger partial charge is 0.297 e. The molecule has 0 N–H and O–H groups in total. The normalized spacial score (nSPS) is 11.9. The van der Waals surface area contributed by atoms with Crippen molar-refractivity contribution in [1.82, 2.24) is 9.38 Å². The molecule has 42 heavy (non-hydrogen) atoms. The van der Waals surface area contributed by atoms with E-state index < -0.39 is 0 Å². The van der Waals surface area contributed by atoms with Gasteiger partial charge in [-0.1, -0.05) is 56.3 Å². The van der Waals surface area contributed by atoms with E-state index in [-0.39, 0.29) is 0 Å². The number of rotatable bonds is 5. The summed E-state index contributed by atoms with van der Waals surface area (Å²) in [4.78, 5) is 5.15. The number of fused-ring (bicyclic) bond motifs is 8. The molecule has 0 saturated heterocycles. The minimum atomic E-state index is 0.361. The number of nitrogens with zero attached hydrogens (tertiary/aromatic N) is 4. The summed E-state index contributed by atoms with van der Waals surface area (Å²) in [6, 6.07) is 27.9. The van der Waals surface area contributed by atoms with Gasteiger partial charge >= 0.3 is 0 Å². The van der Waals surface area contributed by atoms with E-state index in [1.54, 1.807) is 0 Å². The van der Waals surface area contributed by atoms with Gasteiger partial charge in [0.1, 0.15) is 24.1 Å². The highest BCUT2D eigenvalue weighted by atomic mass is 16.5. The summed E-state index contributed by atoms with van der Waals surface area (Å²) in [6.45, 7) is 8.84. The number of aryl methyl sites for hydroxylation is 3. The topological polar surface area (TPSA) is 34.3 Å². The van der Waals surface area contributed by atoms with E-state index in [0.29, 0.717) is 5.92 Å². The first-order valence-corrected chi connectivity index (χ1v) is 14.7. The molecule has 0 bridgehead atoms. The van der Waals surface area contributed by atoms with Crippen molar-refractivity contribution in [2.75, 3.05) is 0 Å². The molecular weight excluding hydrogens is 516 g/mol. The van der Waals surface area contributed by atoms with Crippen LogP contribution in [0.5, 0.6) is 11.5 Å². The Morgan fingerprint density at radius 1 is 0.786 bits per heavy atom. The predicted molar refractivity (Wildman–Crippen MR) is 169 cm³/mol. The van der Waals surface area contributed by atoms with Gasteiger partial charge in [-0.05, 0) is 60.7 Å². The fourth-order valence-corrected chi connectivity index (χ4v) is 6.49. The summed E-state index contributed by atoms with van der Waals surface area (Å²) < 4.78 is 13.6.